The number of likely N-dealkylation sites (tertiary alicyclic amines) is 1. The highest BCUT2D eigenvalue weighted by Crippen LogP contribution is 2.22. The Morgan fingerprint density at radius 2 is 1.92 bits per heavy atom. The largest absolute Gasteiger partial charge is 0.508 e. The van der Waals surface area contributed by atoms with Crippen LogP contribution in [0.25, 0.3) is 0 Å². The van der Waals surface area contributed by atoms with Gasteiger partial charge < -0.3 is 15.3 Å². The Morgan fingerprint density at radius 1 is 1.16 bits per heavy atom. The van der Waals surface area contributed by atoms with E-state index in [0.717, 1.165) is 40.9 Å². The monoisotopic (exact) mass is 357 g/mol. The van der Waals surface area contributed by atoms with Crippen LogP contribution >= 0.6 is 11.6 Å². The maximum atomic E-state index is 9.62. The molecule has 132 valence electrons. The zero-order chi connectivity index (χ0) is 17.6. The number of anilines is 1. The van der Waals surface area contributed by atoms with Gasteiger partial charge >= 0.3 is 0 Å². The number of hydrogen-bond acceptors (Lipinski definition) is 2. The minimum absolute atomic E-state index is 0.274. The summed E-state index contributed by atoms with van der Waals surface area (Å²) in [6, 6.07) is 13.1. The van der Waals surface area contributed by atoms with E-state index in [1.54, 1.807) is 12.1 Å². The molecule has 0 saturated carbocycles. The van der Waals surface area contributed by atoms with E-state index in [1.165, 1.54) is 19.3 Å². The molecule has 0 bridgehead atoms. The van der Waals surface area contributed by atoms with Crippen LogP contribution < -0.4 is 5.32 Å². The van der Waals surface area contributed by atoms with Crippen LogP contribution in [-0.4, -0.2) is 29.1 Å². The first-order chi connectivity index (χ1) is 12.1. The summed E-state index contributed by atoms with van der Waals surface area (Å²) in [5.74, 6) is 1.14. The molecular weight excluding hydrogens is 334 g/mol. The summed E-state index contributed by atoms with van der Waals surface area (Å²) in [7, 11) is 0. The zero-order valence-electron chi connectivity index (χ0n) is 14.5. The molecule has 1 saturated heterocycles. The molecule has 3 rings (SSSR count). The van der Waals surface area contributed by atoms with Crippen molar-refractivity contribution < 1.29 is 5.11 Å². The van der Waals surface area contributed by atoms with Crippen molar-refractivity contribution in [2.24, 2.45) is 4.99 Å². The minimum atomic E-state index is 0.274. The van der Waals surface area contributed by atoms with E-state index in [0.29, 0.717) is 6.54 Å². The van der Waals surface area contributed by atoms with Crippen LogP contribution in [-0.2, 0) is 6.54 Å². The first-order valence-corrected chi connectivity index (χ1v) is 9.11. The number of guanidine groups is 1. The molecule has 0 aliphatic carbocycles. The number of phenolic OH excluding ortho intramolecular Hbond substituents is 1. The molecule has 0 atom stereocenters. The molecule has 5 heteroatoms. The van der Waals surface area contributed by atoms with Gasteiger partial charge in [-0.25, -0.2) is 4.99 Å². The fourth-order valence-electron chi connectivity index (χ4n) is 3.02. The number of piperidine rings is 1. The molecule has 2 aromatic rings. The summed E-state index contributed by atoms with van der Waals surface area (Å²) in [6.07, 6.45) is 3.63. The van der Waals surface area contributed by atoms with Crippen LogP contribution in [0.1, 0.15) is 30.4 Å². The predicted molar refractivity (Wildman–Crippen MR) is 104 cm³/mol. The molecule has 1 aliphatic rings. The number of aliphatic imine (C=N–C) groups is 1. The summed E-state index contributed by atoms with van der Waals surface area (Å²) in [4.78, 5) is 7.12. The molecule has 2 aromatic carbocycles. The van der Waals surface area contributed by atoms with Crippen LogP contribution in [0.15, 0.2) is 47.5 Å². The van der Waals surface area contributed by atoms with Gasteiger partial charge in [-0.15, -0.1) is 0 Å². The van der Waals surface area contributed by atoms with Crippen LogP contribution in [0, 0.1) is 6.92 Å². The number of rotatable bonds is 3. The van der Waals surface area contributed by atoms with Gasteiger partial charge in [0.15, 0.2) is 5.96 Å². The molecule has 0 radical (unpaired) electrons. The molecule has 0 amide bonds. The maximum absolute atomic E-state index is 9.62. The lowest BCUT2D eigenvalue weighted by molar-refractivity contribution is 0.340. The Kier molecular flexibility index (Phi) is 5.82. The van der Waals surface area contributed by atoms with E-state index in [1.807, 2.05) is 37.3 Å². The van der Waals surface area contributed by atoms with Crippen LogP contribution in [0.2, 0.25) is 5.02 Å². The highest BCUT2D eigenvalue weighted by Gasteiger charge is 2.16. The van der Waals surface area contributed by atoms with Crippen molar-refractivity contribution >= 4 is 23.2 Å². The SMILES string of the molecule is Cc1cc(O)ccc1NC(=NCc1ccccc1Cl)N1CCCCC1. The standard InChI is InChI=1S/C20H24ClN3O/c1-15-13-17(25)9-10-19(15)23-20(24-11-5-2-6-12-24)22-14-16-7-3-4-8-18(16)21/h3-4,7-10,13,25H,2,5-6,11-12,14H2,1H3,(H,22,23). The smallest absolute Gasteiger partial charge is 0.198 e. The predicted octanol–water partition coefficient (Wildman–Crippen LogP) is 4.81. The van der Waals surface area contributed by atoms with Gasteiger partial charge in [0.2, 0.25) is 0 Å². The van der Waals surface area contributed by atoms with Crippen molar-refractivity contribution in [2.45, 2.75) is 32.7 Å². The summed E-state index contributed by atoms with van der Waals surface area (Å²) in [5, 5.41) is 13.8. The Balaban J connectivity index is 1.83. The van der Waals surface area contributed by atoms with Crippen molar-refractivity contribution in [3.8, 4) is 5.75 Å². The van der Waals surface area contributed by atoms with E-state index < -0.39 is 0 Å². The molecule has 25 heavy (non-hydrogen) atoms. The van der Waals surface area contributed by atoms with Crippen molar-refractivity contribution in [1.82, 2.24) is 4.90 Å². The van der Waals surface area contributed by atoms with Crippen LogP contribution in [0.5, 0.6) is 5.75 Å². The van der Waals surface area contributed by atoms with Crippen molar-refractivity contribution in [2.75, 3.05) is 18.4 Å². The van der Waals surface area contributed by atoms with Gasteiger partial charge in [-0.05, 0) is 61.6 Å². The molecule has 1 heterocycles. The number of nitrogens with zero attached hydrogens (tertiary/aromatic N) is 2. The quantitative estimate of drug-likeness (QED) is 0.471. The fourth-order valence-corrected chi connectivity index (χ4v) is 3.22. The van der Waals surface area contributed by atoms with Crippen molar-refractivity contribution in [1.29, 1.82) is 0 Å². The van der Waals surface area contributed by atoms with Crippen molar-refractivity contribution in [3.05, 3.63) is 58.6 Å². The van der Waals surface area contributed by atoms with Gasteiger partial charge in [-0.1, -0.05) is 29.8 Å². The average Bonchev–Trinajstić information content (AvgIpc) is 2.62. The first kappa shape index (κ1) is 17.6. The number of nitrogens with one attached hydrogen (secondary N) is 1. The third kappa shape index (κ3) is 4.67. The molecule has 2 N–H and O–H groups in total. The molecule has 4 nitrogen and oxygen atoms in total. The molecule has 0 spiro atoms. The Labute approximate surface area is 154 Å². The highest BCUT2D eigenvalue weighted by molar-refractivity contribution is 6.31. The number of phenols is 1. The Morgan fingerprint density at radius 3 is 2.64 bits per heavy atom. The van der Waals surface area contributed by atoms with Gasteiger partial charge in [-0.2, -0.15) is 0 Å². The maximum Gasteiger partial charge on any atom is 0.198 e. The van der Waals surface area contributed by atoms with E-state index in [-0.39, 0.29) is 5.75 Å². The molecular formula is C20H24ClN3O. The van der Waals surface area contributed by atoms with E-state index in [2.05, 4.69) is 10.2 Å². The third-order valence-electron chi connectivity index (χ3n) is 4.47. The van der Waals surface area contributed by atoms with Crippen molar-refractivity contribution in [3.63, 3.8) is 0 Å². The second-order valence-corrected chi connectivity index (χ2v) is 6.81. The van der Waals surface area contributed by atoms with Gasteiger partial charge in [-0.3, -0.25) is 0 Å². The van der Waals surface area contributed by atoms with Gasteiger partial charge in [0, 0.05) is 23.8 Å². The lowest BCUT2D eigenvalue weighted by Crippen LogP contribution is -2.40. The minimum Gasteiger partial charge on any atom is -0.508 e. The van der Waals surface area contributed by atoms with Gasteiger partial charge in [0.05, 0.1) is 6.54 Å². The number of halogens is 1. The third-order valence-corrected chi connectivity index (χ3v) is 4.84. The van der Waals surface area contributed by atoms with Gasteiger partial charge in [0.1, 0.15) is 5.75 Å². The lowest BCUT2D eigenvalue weighted by Gasteiger charge is -2.30. The van der Waals surface area contributed by atoms with E-state index >= 15 is 0 Å². The lowest BCUT2D eigenvalue weighted by atomic mass is 10.1. The topological polar surface area (TPSA) is 47.9 Å². The van der Waals surface area contributed by atoms with E-state index in [9.17, 15) is 5.11 Å². The number of aromatic hydroxyl groups is 1. The highest BCUT2D eigenvalue weighted by atomic mass is 35.5. The summed E-state index contributed by atoms with van der Waals surface area (Å²) < 4.78 is 0. The molecule has 1 fully saturated rings. The summed E-state index contributed by atoms with van der Waals surface area (Å²) in [5.41, 5.74) is 2.96. The zero-order valence-corrected chi connectivity index (χ0v) is 15.3. The fraction of sp³-hybridized carbons (Fsp3) is 0.350. The Hall–Kier alpha value is -2.20. The summed E-state index contributed by atoms with van der Waals surface area (Å²) >= 11 is 6.27. The second-order valence-electron chi connectivity index (χ2n) is 6.40. The molecule has 0 unspecified atom stereocenters. The normalized spacial score (nSPS) is 15.3. The first-order valence-electron chi connectivity index (χ1n) is 8.73. The Bertz CT molecular complexity index is 754. The molecule has 0 aromatic heterocycles. The van der Waals surface area contributed by atoms with Crippen LogP contribution in [0.3, 0.4) is 0 Å². The average molecular weight is 358 g/mol. The molecule has 1 aliphatic heterocycles. The second kappa shape index (κ2) is 8.26. The summed E-state index contributed by atoms with van der Waals surface area (Å²) in [6.45, 7) is 4.52. The van der Waals surface area contributed by atoms with Gasteiger partial charge in [0.25, 0.3) is 0 Å². The number of benzene rings is 2. The van der Waals surface area contributed by atoms with E-state index in [4.69, 9.17) is 16.6 Å². The van der Waals surface area contributed by atoms with Crippen LogP contribution in [0.4, 0.5) is 5.69 Å². The number of hydrogen-bond donors (Lipinski definition) is 2. The number of aryl methyl sites for hydroxylation is 1.